The number of nitrogens with one attached hydrogen (secondary N) is 1. The fraction of sp³-hybridized carbons (Fsp3) is 0.542. The Hall–Kier alpha value is -2.03. The first-order valence-corrected chi connectivity index (χ1v) is 10.9. The van der Waals surface area contributed by atoms with Crippen molar-refractivity contribution in [3.05, 3.63) is 59.4 Å². The molecule has 1 unspecified atom stereocenters. The Morgan fingerprint density at radius 2 is 1.74 bits per heavy atom. The predicted octanol–water partition coefficient (Wildman–Crippen LogP) is 5.45. The summed E-state index contributed by atoms with van der Waals surface area (Å²) >= 11 is 0. The summed E-state index contributed by atoms with van der Waals surface area (Å²) in [4.78, 5) is 2.64. The topological polar surface area (TPSA) is 31.9 Å². The number of benzene rings is 1. The zero-order chi connectivity index (χ0) is 18.2. The molecule has 1 aromatic carbocycles. The van der Waals surface area contributed by atoms with E-state index in [0.717, 1.165) is 18.8 Å². The minimum absolute atomic E-state index is 0.563. The van der Waals surface area contributed by atoms with Gasteiger partial charge >= 0.3 is 0 Å². The van der Waals surface area contributed by atoms with Crippen LogP contribution < -0.4 is 0 Å². The molecule has 2 aromatic rings. The Labute approximate surface area is 162 Å². The first-order chi connectivity index (χ1) is 13.3. The van der Waals surface area contributed by atoms with Crippen molar-refractivity contribution in [2.45, 2.75) is 82.2 Å². The molecule has 142 valence electrons. The van der Waals surface area contributed by atoms with Gasteiger partial charge in [0.2, 0.25) is 0 Å². The summed E-state index contributed by atoms with van der Waals surface area (Å²) in [6, 6.07) is 10.6. The van der Waals surface area contributed by atoms with E-state index in [1.807, 2.05) is 6.20 Å². The van der Waals surface area contributed by atoms with Gasteiger partial charge in [-0.1, -0.05) is 50.1 Å². The molecule has 1 heterocycles. The molecule has 0 bridgehead atoms. The average Bonchev–Trinajstić information content (AvgIpc) is 3.44. The molecule has 5 rings (SSSR count). The molecule has 2 saturated carbocycles. The first-order valence-electron chi connectivity index (χ1n) is 10.9. The lowest BCUT2D eigenvalue weighted by Crippen LogP contribution is -2.39. The monoisotopic (exact) mass is 361 g/mol. The second kappa shape index (κ2) is 7.18. The van der Waals surface area contributed by atoms with Crippen LogP contribution in [-0.4, -0.2) is 27.2 Å². The minimum atomic E-state index is 0.563. The number of rotatable bonds is 5. The Balaban J connectivity index is 1.33. The number of fused-ring (bicyclic) bond motifs is 1. The van der Waals surface area contributed by atoms with E-state index in [2.05, 4.69) is 45.9 Å². The van der Waals surface area contributed by atoms with Crippen molar-refractivity contribution in [2.24, 2.45) is 0 Å². The van der Waals surface area contributed by atoms with Crippen LogP contribution in [0.25, 0.3) is 5.70 Å². The van der Waals surface area contributed by atoms with Crippen LogP contribution in [0, 0.1) is 0 Å². The molecule has 1 aromatic heterocycles. The van der Waals surface area contributed by atoms with Gasteiger partial charge < -0.3 is 4.90 Å². The van der Waals surface area contributed by atoms with Crippen LogP contribution in [0.3, 0.4) is 0 Å². The maximum absolute atomic E-state index is 4.55. The van der Waals surface area contributed by atoms with E-state index in [-0.39, 0.29) is 0 Å². The minimum Gasteiger partial charge on any atom is -0.365 e. The largest absolute Gasteiger partial charge is 0.365 e. The van der Waals surface area contributed by atoms with Crippen LogP contribution in [0.4, 0.5) is 0 Å². The summed E-state index contributed by atoms with van der Waals surface area (Å²) < 4.78 is 0. The Kier molecular flexibility index (Phi) is 4.55. The Bertz CT molecular complexity index is 793. The second-order valence-electron chi connectivity index (χ2n) is 8.81. The van der Waals surface area contributed by atoms with Gasteiger partial charge in [-0.25, -0.2) is 0 Å². The van der Waals surface area contributed by atoms with Crippen LogP contribution in [0.5, 0.6) is 0 Å². The number of H-pyrrole nitrogens is 1. The number of hydrogen-bond donors (Lipinski definition) is 1. The van der Waals surface area contributed by atoms with Crippen molar-refractivity contribution >= 4 is 5.70 Å². The van der Waals surface area contributed by atoms with E-state index in [0.29, 0.717) is 12.1 Å². The molecule has 0 amide bonds. The molecule has 2 fully saturated rings. The van der Waals surface area contributed by atoms with Crippen molar-refractivity contribution in [2.75, 3.05) is 0 Å². The maximum Gasteiger partial charge on any atom is 0.0522 e. The molecule has 3 heteroatoms. The third kappa shape index (κ3) is 3.44. The molecule has 0 radical (unpaired) electrons. The van der Waals surface area contributed by atoms with Crippen molar-refractivity contribution in [1.82, 2.24) is 15.1 Å². The highest BCUT2D eigenvalue weighted by atomic mass is 15.2. The molecule has 3 aliphatic rings. The summed E-state index contributed by atoms with van der Waals surface area (Å²) in [6.07, 6.45) is 15.0. The molecule has 0 spiro atoms. The molecular weight excluding hydrogens is 330 g/mol. The van der Waals surface area contributed by atoms with Crippen molar-refractivity contribution in [3.63, 3.8) is 0 Å². The molecule has 1 atom stereocenters. The van der Waals surface area contributed by atoms with E-state index in [9.17, 15) is 0 Å². The van der Waals surface area contributed by atoms with Gasteiger partial charge in [-0.05, 0) is 67.6 Å². The highest BCUT2D eigenvalue weighted by molar-refractivity contribution is 5.63. The third-order valence-corrected chi connectivity index (χ3v) is 6.96. The number of aromatic amines is 1. The van der Waals surface area contributed by atoms with E-state index in [1.54, 1.807) is 0 Å². The summed E-state index contributed by atoms with van der Waals surface area (Å²) in [6.45, 7) is 4.55. The van der Waals surface area contributed by atoms with Gasteiger partial charge in [0.05, 0.1) is 6.20 Å². The summed E-state index contributed by atoms with van der Waals surface area (Å²) in [5.74, 6) is 0.776. The van der Waals surface area contributed by atoms with Gasteiger partial charge in [0, 0.05) is 23.5 Å². The lowest BCUT2D eigenvalue weighted by Gasteiger charge is -2.37. The molecule has 27 heavy (non-hydrogen) atoms. The van der Waals surface area contributed by atoms with Crippen LogP contribution in [0.15, 0.2) is 37.0 Å². The SMILES string of the molecule is C=C(c1ccc(C2CCCCC2)cc1)N(C1CC1)C1CCc2[nH]ncc2C1. The highest BCUT2D eigenvalue weighted by Crippen LogP contribution is 2.39. The molecule has 3 aliphatic carbocycles. The van der Waals surface area contributed by atoms with Gasteiger partial charge in [0.1, 0.15) is 0 Å². The zero-order valence-corrected chi connectivity index (χ0v) is 16.3. The van der Waals surface area contributed by atoms with Gasteiger partial charge in [-0.2, -0.15) is 5.10 Å². The Morgan fingerprint density at radius 3 is 2.48 bits per heavy atom. The third-order valence-electron chi connectivity index (χ3n) is 6.96. The van der Waals surface area contributed by atoms with Crippen molar-refractivity contribution in [3.8, 4) is 0 Å². The van der Waals surface area contributed by atoms with Crippen LogP contribution in [0.1, 0.15) is 79.7 Å². The fourth-order valence-electron chi connectivity index (χ4n) is 5.26. The zero-order valence-electron chi connectivity index (χ0n) is 16.3. The highest BCUT2D eigenvalue weighted by Gasteiger charge is 2.36. The molecule has 0 saturated heterocycles. The maximum atomic E-state index is 4.55. The number of aromatic nitrogens is 2. The average molecular weight is 362 g/mol. The predicted molar refractivity (Wildman–Crippen MR) is 111 cm³/mol. The first kappa shape index (κ1) is 17.1. The van der Waals surface area contributed by atoms with Crippen LogP contribution in [-0.2, 0) is 12.8 Å². The normalized spacial score (nSPS) is 23.0. The van der Waals surface area contributed by atoms with Crippen LogP contribution in [0.2, 0.25) is 0 Å². The summed E-state index contributed by atoms with van der Waals surface area (Å²) in [5, 5.41) is 7.42. The lowest BCUT2D eigenvalue weighted by molar-refractivity contribution is 0.259. The lowest BCUT2D eigenvalue weighted by atomic mass is 9.84. The van der Waals surface area contributed by atoms with Crippen molar-refractivity contribution < 1.29 is 0 Å². The molecule has 0 aliphatic heterocycles. The van der Waals surface area contributed by atoms with Crippen molar-refractivity contribution in [1.29, 1.82) is 0 Å². The van der Waals surface area contributed by atoms with E-state index in [1.165, 1.54) is 79.4 Å². The van der Waals surface area contributed by atoms with E-state index in [4.69, 9.17) is 0 Å². The Morgan fingerprint density at radius 1 is 0.963 bits per heavy atom. The van der Waals surface area contributed by atoms with Crippen LogP contribution >= 0.6 is 0 Å². The fourth-order valence-corrected chi connectivity index (χ4v) is 5.26. The summed E-state index contributed by atoms with van der Waals surface area (Å²) in [5.41, 5.74) is 6.80. The van der Waals surface area contributed by atoms with Gasteiger partial charge in [-0.3, -0.25) is 5.10 Å². The summed E-state index contributed by atoms with van der Waals surface area (Å²) in [7, 11) is 0. The molecule has 1 N–H and O–H groups in total. The standard InChI is InChI=1S/C24H31N3/c1-17(18-7-9-20(10-8-18)19-5-3-2-4-6-19)27(22-11-12-22)23-13-14-24-21(15-23)16-25-26-24/h7-10,16,19,22-23H,1-6,11-15H2,(H,25,26). The molecule has 3 nitrogen and oxygen atoms in total. The van der Waals surface area contributed by atoms with Gasteiger partial charge in [0.15, 0.2) is 0 Å². The number of aryl methyl sites for hydroxylation is 1. The number of hydrogen-bond acceptors (Lipinski definition) is 2. The smallest absolute Gasteiger partial charge is 0.0522 e. The van der Waals surface area contributed by atoms with Gasteiger partial charge in [0.25, 0.3) is 0 Å². The molecular formula is C24H31N3. The number of nitrogens with zero attached hydrogens (tertiary/aromatic N) is 2. The quantitative estimate of drug-likeness (QED) is 0.768. The van der Waals surface area contributed by atoms with E-state index < -0.39 is 0 Å². The van der Waals surface area contributed by atoms with E-state index >= 15 is 0 Å². The van der Waals surface area contributed by atoms with Gasteiger partial charge in [-0.15, -0.1) is 0 Å². The second-order valence-corrected chi connectivity index (χ2v) is 8.81.